The number of nitro benzene ring substituents is 1. The molecular formula is C22H23ClN6O3S. The second-order valence-corrected chi connectivity index (χ2v) is 9.16. The van der Waals surface area contributed by atoms with Crippen LogP contribution in [0.4, 0.5) is 11.4 Å². The Kier molecular flexibility index (Phi) is 6.85. The van der Waals surface area contributed by atoms with Gasteiger partial charge in [0.05, 0.1) is 10.7 Å². The Labute approximate surface area is 200 Å². The summed E-state index contributed by atoms with van der Waals surface area (Å²) in [6.07, 6.45) is 0. The quantitative estimate of drug-likeness (QED) is 0.297. The van der Waals surface area contributed by atoms with Gasteiger partial charge in [0.15, 0.2) is 11.0 Å². The van der Waals surface area contributed by atoms with Gasteiger partial charge in [-0.1, -0.05) is 47.1 Å². The highest BCUT2D eigenvalue weighted by molar-refractivity contribution is 7.99. The zero-order chi connectivity index (χ0) is 23.5. The maximum Gasteiger partial charge on any atom is 0.294 e. The van der Waals surface area contributed by atoms with Gasteiger partial charge in [-0.3, -0.25) is 14.9 Å². The first-order valence-electron chi connectivity index (χ1n) is 10.4. The third-order valence-corrected chi connectivity index (χ3v) is 6.78. The van der Waals surface area contributed by atoms with Crippen molar-refractivity contribution in [3.63, 3.8) is 0 Å². The lowest BCUT2D eigenvalue weighted by atomic mass is 10.1. The van der Waals surface area contributed by atoms with E-state index in [9.17, 15) is 14.9 Å². The molecule has 1 amide bonds. The molecule has 0 spiro atoms. The number of halogens is 1. The van der Waals surface area contributed by atoms with Gasteiger partial charge in [-0.2, -0.15) is 0 Å². The molecule has 0 saturated carbocycles. The van der Waals surface area contributed by atoms with Crippen LogP contribution in [0.25, 0.3) is 11.4 Å². The topological polar surface area (TPSA) is 97.4 Å². The van der Waals surface area contributed by atoms with Crippen molar-refractivity contribution in [3.05, 3.63) is 63.2 Å². The first-order valence-corrected chi connectivity index (χ1v) is 11.8. The van der Waals surface area contributed by atoms with E-state index in [2.05, 4.69) is 10.2 Å². The van der Waals surface area contributed by atoms with Crippen LogP contribution in [0.1, 0.15) is 5.56 Å². The predicted octanol–water partition coefficient (Wildman–Crippen LogP) is 3.79. The molecule has 3 aromatic rings. The smallest absolute Gasteiger partial charge is 0.294 e. The van der Waals surface area contributed by atoms with E-state index in [-0.39, 0.29) is 17.3 Å². The number of hydrogen-bond donors (Lipinski definition) is 0. The minimum atomic E-state index is -0.429. The summed E-state index contributed by atoms with van der Waals surface area (Å²) < 4.78 is 1.89. The molecular weight excluding hydrogens is 464 g/mol. The molecule has 1 fully saturated rings. The van der Waals surface area contributed by atoms with Gasteiger partial charge in [0.25, 0.3) is 5.69 Å². The molecule has 9 nitrogen and oxygen atoms in total. The zero-order valence-electron chi connectivity index (χ0n) is 18.3. The number of amides is 1. The molecule has 0 unspecified atom stereocenters. The first-order chi connectivity index (χ1) is 15.8. The number of nitrogens with zero attached hydrogens (tertiary/aromatic N) is 6. The lowest BCUT2D eigenvalue weighted by molar-refractivity contribution is -0.384. The summed E-state index contributed by atoms with van der Waals surface area (Å²) >= 11 is 7.27. The van der Waals surface area contributed by atoms with E-state index in [1.807, 2.05) is 47.7 Å². The van der Waals surface area contributed by atoms with Gasteiger partial charge in [0.2, 0.25) is 5.91 Å². The first kappa shape index (κ1) is 23.1. The van der Waals surface area contributed by atoms with E-state index < -0.39 is 4.92 Å². The van der Waals surface area contributed by atoms with E-state index in [1.54, 1.807) is 17.0 Å². The molecule has 0 N–H and O–H groups in total. The van der Waals surface area contributed by atoms with Crippen LogP contribution in [-0.4, -0.2) is 62.4 Å². The summed E-state index contributed by atoms with van der Waals surface area (Å²) in [4.78, 5) is 27.4. The van der Waals surface area contributed by atoms with Gasteiger partial charge in [0.1, 0.15) is 5.69 Å². The number of nitro groups is 1. The summed E-state index contributed by atoms with van der Waals surface area (Å²) in [6.45, 7) is 4.04. The molecule has 2 heterocycles. The summed E-state index contributed by atoms with van der Waals surface area (Å²) in [5, 5.41) is 20.9. The van der Waals surface area contributed by atoms with Crippen LogP contribution in [0.15, 0.2) is 47.6 Å². The van der Waals surface area contributed by atoms with E-state index in [1.165, 1.54) is 17.8 Å². The number of thioether (sulfide) groups is 1. The highest BCUT2D eigenvalue weighted by Crippen LogP contribution is 2.32. The number of aryl methyl sites for hydroxylation is 1. The van der Waals surface area contributed by atoms with Crippen molar-refractivity contribution in [2.45, 2.75) is 12.1 Å². The summed E-state index contributed by atoms with van der Waals surface area (Å²) in [6, 6.07) is 12.7. The van der Waals surface area contributed by atoms with Crippen LogP contribution in [0.3, 0.4) is 0 Å². The van der Waals surface area contributed by atoms with E-state index >= 15 is 0 Å². The maximum absolute atomic E-state index is 12.8. The van der Waals surface area contributed by atoms with E-state index in [4.69, 9.17) is 11.6 Å². The minimum Gasteiger partial charge on any atom is -0.362 e. The Morgan fingerprint density at radius 1 is 1.15 bits per heavy atom. The SMILES string of the molecule is Cc1cccc(-c2nnc(SCC(=O)N3CCN(c4ccc(Cl)cc4[N+](=O)[O-])CC3)n2C)c1. The average molecular weight is 487 g/mol. The van der Waals surface area contributed by atoms with Gasteiger partial charge in [0, 0.05) is 49.9 Å². The summed E-state index contributed by atoms with van der Waals surface area (Å²) in [7, 11) is 1.89. The number of anilines is 1. The van der Waals surface area contributed by atoms with Crippen LogP contribution in [-0.2, 0) is 11.8 Å². The fourth-order valence-corrected chi connectivity index (χ4v) is 4.78. The lowest BCUT2D eigenvalue weighted by Gasteiger charge is -2.35. The monoisotopic (exact) mass is 486 g/mol. The van der Waals surface area contributed by atoms with Crippen LogP contribution in [0.2, 0.25) is 5.02 Å². The Morgan fingerprint density at radius 3 is 2.61 bits per heavy atom. The molecule has 172 valence electrons. The Balaban J connectivity index is 1.35. The zero-order valence-corrected chi connectivity index (χ0v) is 19.8. The standard InChI is InChI=1S/C22H23ClN6O3S/c1-15-4-3-5-16(12-15)21-24-25-22(26(21)2)33-14-20(30)28-10-8-27(9-11-28)18-7-6-17(23)13-19(18)29(31)32/h3-7,12-13H,8-11,14H2,1-2H3. The number of carbonyl (C=O) groups excluding carboxylic acids is 1. The molecule has 0 radical (unpaired) electrons. The molecule has 33 heavy (non-hydrogen) atoms. The second-order valence-electron chi connectivity index (χ2n) is 7.78. The van der Waals surface area contributed by atoms with Crippen LogP contribution in [0, 0.1) is 17.0 Å². The number of aromatic nitrogens is 3. The molecule has 0 aliphatic carbocycles. The van der Waals surface area contributed by atoms with Crippen LogP contribution < -0.4 is 4.90 Å². The van der Waals surface area contributed by atoms with Crippen molar-refractivity contribution in [3.8, 4) is 11.4 Å². The third kappa shape index (κ3) is 5.12. The fraction of sp³-hybridized carbons (Fsp3) is 0.318. The summed E-state index contributed by atoms with van der Waals surface area (Å²) in [5.74, 6) is 1.01. The number of piperazine rings is 1. The molecule has 1 aliphatic rings. The van der Waals surface area contributed by atoms with Gasteiger partial charge in [-0.25, -0.2) is 0 Å². The van der Waals surface area contributed by atoms with Crippen molar-refractivity contribution in [1.29, 1.82) is 0 Å². The Hall–Kier alpha value is -3.11. The molecule has 11 heteroatoms. The van der Waals surface area contributed by atoms with Gasteiger partial charge in [-0.15, -0.1) is 10.2 Å². The lowest BCUT2D eigenvalue weighted by Crippen LogP contribution is -2.49. The van der Waals surface area contributed by atoms with Gasteiger partial charge >= 0.3 is 0 Å². The van der Waals surface area contributed by atoms with Crippen LogP contribution >= 0.6 is 23.4 Å². The molecule has 1 saturated heterocycles. The molecule has 0 bridgehead atoms. The van der Waals surface area contributed by atoms with E-state index in [0.29, 0.717) is 42.0 Å². The van der Waals surface area contributed by atoms with Crippen molar-refractivity contribution in [1.82, 2.24) is 19.7 Å². The van der Waals surface area contributed by atoms with Crippen LogP contribution in [0.5, 0.6) is 0 Å². The number of benzene rings is 2. The fourth-order valence-electron chi connectivity index (χ4n) is 3.80. The van der Waals surface area contributed by atoms with Crippen molar-refractivity contribution < 1.29 is 9.72 Å². The molecule has 4 rings (SSSR count). The highest BCUT2D eigenvalue weighted by atomic mass is 35.5. The number of hydrogen-bond acceptors (Lipinski definition) is 7. The van der Waals surface area contributed by atoms with E-state index in [0.717, 1.165) is 17.0 Å². The molecule has 1 aliphatic heterocycles. The van der Waals surface area contributed by atoms with Gasteiger partial charge in [-0.05, 0) is 25.1 Å². The minimum absolute atomic E-state index is 0.00496. The van der Waals surface area contributed by atoms with Crippen molar-refractivity contribution in [2.24, 2.45) is 7.05 Å². The predicted molar refractivity (Wildman–Crippen MR) is 129 cm³/mol. The summed E-state index contributed by atoms with van der Waals surface area (Å²) in [5.41, 5.74) is 2.62. The Bertz CT molecular complexity index is 1190. The number of carbonyl (C=O) groups is 1. The van der Waals surface area contributed by atoms with Gasteiger partial charge < -0.3 is 14.4 Å². The Morgan fingerprint density at radius 2 is 1.91 bits per heavy atom. The largest absolute Gasteiger partial charge is 0.362 e. The second kappa shape index (κ2) is 9.80. The number of rotatable bonds is 6. The maximum atomic E-state index is 12.8. The molecule has 1 aromatic heterocycles. The van der Waals surface area contributed by atoms with Crippen molar-refractivity contribution >= 4 is 40.6 Å². The highest BCUT2D eigenvalue weighted by Gasteiger charge is 2.26. The third-order valence-electron chi connectivity index (χ3n) is 5.54. The normalized spacial score (nSPS) is 13.9. The molecule has 0 atom stereocenters. The van der Waals surface area contributed by atoms with Crippen molar-refractivity contribution in [2.75, 3.05) is 36.8 Å². The average Bonchev–Trinajstić information content (AvgIpc) is 3.17. The molecule has 2 aromatic carbocycles.